The zero-order valence-electron chi connectivity index (χ0n) is 11.7. The number of anilines is 1. The normalized spacial score (nSPS) is 22.1. The van der Waals surface area contributed by atoms with Gasteiger partial charge in [-0.2, -0.15) is 5.10 Å². The van der Waals surface area contributed by atoms with E-state index in [1.165, 1.54) is 0 Å². The van der Waals surface area contributed by atoms with E-state index in [0.717, 1.165) is 52.0 Å². The van der Waals surface area contributed by atoms with Gasteiger partial charge in [-0.3, -0.25) is 9.48 Å². The van der Waals surface area contributed by atoms with Gasteiger partial charge in [-0.05, 0) is 31.7 Å². The van der Waals surface area contributed by atoms with Crippen molar-refractivity contribution >= 4 is 11.7 Å². The van der Waals surface area contributed by atoms with Crippen LogP contribution in [-0.4, -0.2) is 46.9 Å². The summed E-state index contributed by atoms with van der Waals surface area (Å²) in [6.45, 7) is 3.08. The van der Waals surface area contributed by atoms with Gasteiger partial charge in [-0.25, -0.2) is 0 Å². The highest BCUT2D eigenvalue weighted by atomic mass is 16.5. The number of hydrogen-bond donors (Lipinski definition) is 1. The summed E-state index contributed by atoms with van der Waals surface area (Å²) < 4.78 is 7.26. The molecule has 2 aliphatic rings. The van der Waals surface area contributed by atoms with Gasteiger partial charge in [0.2, 0.25) is 5.91 Å². The number of nitrogen functional groups attached to an aromatic ring is 1. The predicted octanol–water partition coefficient (Wildman–Crippen LogP) is 1.06. The molecule has 0 bridgehead atoms. The maximum Gasteiger partial charge on any atom is 0.225 e. The van der Waals surface area contributed by atoms with E-state index >= 15 is 0 Å². The Balaban J connectivity index is 1.54. The van der Waals surface area contributed by atoms with E-state index in [4.69, 9.17) is 10.5 Å². The Morgan fingerprint density at radius 2 is 1.95 bits per heavy atom. The Hall–Kier alpha value is -1.56. The molecule has 0 radical (unpaired) electrons. The monoisotopic (exact) mass is 278 g/mol. The molecule has 0 saturated carbocycles. The fraction of sp³-hybridized carbons (Fsp3) is 0.714. The highest BCUT2D eigenvalue weighted by molar-refractivity contribution is 5.79. The number of nitrogens with zero attached hydrogens (tertiary/aromatic N) is 3. The summed E-state index contributed by atoms with van der Waals surface area (Å²) in [7, 11) is 0. The van der Waals surface area contributed by atoms with Gasteiger partial charge in [-0.1, -0.05) is 0 Å². The number of amides is 1. The van der Waals surface area contributed by atoms with Gasteiger partial charge in [0.15, 0.2) is 0 Å². The lowest BCUT2D eigenvalue weighted by atomic mass is 9.96. The Kier molecular flexibility index (Phi) is 3.91. The zero-order valence-corrected chi connectivity index (χ0v) is 11.7. The van der Waals surface area contributed by atoms with Crippen molar-refractivity contribution in [3.63, 3.8) is 0 Å². The SMILES string of the molecule is Nc1ccn(C2CCN(C(=O)C3CCOCC3)CC2)n1. The van der Waals surface area contributed by atoms with Crippen LogP contribution in [0.25, 0.3) is 0 Å². The number of carbonyl (C=O) groups is 1. The second kappa shape index (κ2) is 5.83. The first kappa shape index (κ1) is 13.4. The van der Waals surface area contributed by atoms with Crippen LogP contribution in [0.2, 0.25) is 0 Å². The molecule has 2 fully saturated rings. The summed E-state index contributed by atoms with van der Waals surface area (Å²) in [5.74, 6) is 1.04. The molecule has 0 unspecified atom stereocenters. The quantitative estimate of drug-likeness (QED) is 0.877. The average molecular weight is 278 g/mol. The fourth-order valence-corrected chi connectivity index (χ4v) is 3.11. The minimum absolute atomic E-state index is 0.167. The molecule has 3 heterocycles. The van der Waals surface area contributed by atoms with E-state index in [2.05, 4.69) is 5.10 Å². The fourth-order valence-electron chi connectivity index (χ4n) is 3.11. The summed E-state index contributed by atoms with van der Waals surface area (Å²) in [6.07, 6.45) is 5.57. The summed E-state index contributed by atoms with van der Waals surface area (Å²) in [6, 6.07) is 2.19. The van der Waals surface area contributed by atoms with E-state index in [9.17, 15) is 4.79 Å². The number of nitrogens with two attached hydrogens (primary N) is 1. The molecule has 1 amide bonds. The third kappa shape index (κ3) is 2.80. The first-order valence-electron chi connectivity index (χ1n) is 7.41. The van der Waals surface area contributed by atoms with Crippen molar-refractivity contribution in [2.24, 2.45) is 5.92 Å². The molecule has 0 spiro atoms. The number of ether oxygens (including phenoxy) is 1. The van der Waals surface area contributed by atoms with E-state index in [1.807, 2.05) is 21.8 Å². The maximum atomic E-state index is 12.4. The van der Waals surface area contributed by atoms with E-state index in [-0.39, 0.29) is 5.92 Å². The van der Waals surface area contributed by atoms with Gasteiger partial charge >= 0.3 is 0 Å². The standard InChI is InChI=1S/C14H22N4O2/c15-13-3-8-18(16-13)12-1-6-17(7-2-12)14(19)11-4-9-20-10-5-11/h3,8,11-12H,1-2,4-7,9-10H2,(H2,15,16). The van der Waals surface area contributed by atoms with Gasteiger partial charge in [0.1, 0.15) is 5.82 Å². The zero-order chi connectivity index (χ0) is 13.9. The minimum Gasteiger partial charge on any atom is -0.382 e. The molecule has 6 nitrogen and oxygen atoms in total. The molecule has 3 rings (SSSR count). The van der Waals surface area contributed by atoms with Crippen molar-refractivity contribution in [1.29, 1.82) is 0 Å². The van der Waals surface area contributed by atoms with Crippen LogP contribution in [0, 0.1) is 5.92 Å². The summed E-state index contributed by atoms with van der Waals surface area (Å²) in [5.41, 5.74) is 5.65. The van der Waals surface area contributed by atoms with Gasteiger partial charge < -0.3 is 15.4 Å². The van der Waals surface area contributed by atoms with Gasteiger partial charge in [0, 0.05) is 38.4 Å². The van der Waals surface area contributed by atoms with E-state index in [1.54, 1.807) is 0 Å². The average Bonchev–Trinajstić information content (AvgIpc) is 2.94. The molecule has 6 heteroatoms. The van der Waals surface area contributed by atoms with Crippen LogP contribution in [0.3, 0.4) is 0 Å². The molecule has 2 saturated heterocycles. The highest BCUT2D eigenvalue weighted by Gasteiger charge is 2.29. The van der Waals surface area contributed by atoms with E-state index in [0.29, 0.717) is 17.8 Å². The summed E-state index contributed by atoms with van der Waals surface area (Å²) in [5, 5.41) is 4.27. The number of rotatable bonds is 2. The smallest absolute Gasteiger partial charge is 0.225 e. The molecule has 0 aromatic carbocycles. The van der Waals surface area contributed by atoms with Crippen LogP contribution in [0.4, 0.5) is 5.82 Å². The third-order valence-electron chi connectivity index (χ3n) is 4.35. The molecule has 20 heavy (non-hydrogen) atoms. The molecule has 110 valence electrons. The van der Waals surface area contributed by atoms with Crippen LogP contribution in [-0.2, 0) is 9.53 Å². The lowest BCUT2D eigenvalue weighted by Gasteiger charge is -2.35. The first-order valence-corrected chi connectivity index (χ1v) is 7.41. The summed E-state index contributed by atoms with van der Waals surface area (Å²) >= 11 is 0. The van der Waals surface area contributed by atoms with Crippen LogP contribution in [0.5, 0.6) is 0 Å². The van der Waals surface area contributed by atoms with Crippen molar-refractivity contribution in [1.82, 2.24) is 14.7 Å². The van der Waals surface area contributed by atoms with Crippen LogP contribution in [0.1, 0.15) is 31.7 Å². The van der Waals surface area contributed by atoms with Crippen LogP contribution < -0.4 is 5.73 Å². The van der Waals surface area contributed by atoms with Gasteiger partial charge in [0.25, 0.3) is 0 Å². The molecular weight excluding hydrogens is 256 g/mol. The van der Waals surface area contributed by atoms with Crippen LogP contribution >= 0.6 is 0 Å². The number of piperidine rings is 1. The predicted molar refractivity (Wildman–Crippen MR) is 75.0 cm³/mol. The Bertz CT molecular complexity index is 459. The topological polar surface area (TPSA) is 73.4 Å². The molecule has 1 aromatic heterocycles. The van der Waals surface area contributed by atoms with Crippen molar-refractivity contribution in [3.8, 4) is 0 Å². The molecule has 2 N–H and O–H groups in total. The molecular formula is C14H22N4O2. The second-order valence-electron chi connectivity index (χ2n) is 5.66. The third-order valence-corrected chi connectivity index (χ3v) is 4.35. The number of carbonyl (C=O) groups excluding carboxylic acids is 1. The highest BCUT2D eigenvalue weighted by Crippen LogP contribution is 2.25. The van der Waals surface area contributed by atoms with Crippen molar-refractivity contribution in [2.75, 3.05) is 32.0 Å². The number of hydrogen-bond acceptors (Lipinski definition) is 4. The number of aromatic nitrogens is 2. The van der Waals surface area contributed by atoms with Crippen molar-refractivity contribution in [3.05, 3.63) is 12.3 Å². The molecule has 1 aromatic rings. The molecule has 2 aliphatic heterocycles. The first-order chi connectivity index (χ1) is 9.74. The Labute approximate surface area is 118 Å². The van der Waals surface area contributed by atoms with Gasteiger partial charge in [0.05, 0.1) is 6.04 Å². The van der Waals surface area contributed by atoms with Crippen molar-refractivity contribution < 1.29 is 9.53 Å². The minimum atomic E-state index is 0.167. The Morgan fingerprint density at radius 3 is 2.55 bits per heavy atom. The molecule has 0 aliphatic carbocycles. The largest absolute Gasteiger partial charge is 0.382 e. The van der Waals surface area contributed by atoms with E-state index < -0.39 is 0 Å². The molecule has 0 atom stereocenters. The lowest BCUT2D eigenvalue weighted by molar-refractivity contribution is -0.139. The van der Waals surface area contributed by atoms with Crippen LogP contribution in [0.15, 0.2) is 12.3 Å². The summed E-state index contributed by atoms with van der Waals surface area (Å²) in [4.78, 5) is 14.4. The maximum absolute atomic E-state index is 12.4. The Morgan fingerprint density at radius 1 is 1.25 bits per heavy atom. The number of likely N-dealkylation sites (tertiary alicyclic amines) is 1. The van der Waals surface area contributed by atoms with Gasteiger partial charge in [-0.15, -0.1) is 0 Å². The second-order valence-corrected chi connectivity index (χ2v) is 5.66. The van der Waals surface area contributed by atoms with Crippen molar-refractivity contribution in [2.45, 2.75) is 31.7 Å². The lowest BCUT2D eigenvalue weighted by Crippen LogP contribution is -2.43.